The van der Waals surface area contributed by atoms with Gasteiger partial charge in [-0.25, -0.2) is 0 Å². The van der Waals surface area contributed by atoms with Crippen molar-refractivity contribution in [3.05, 3.63) is 46.3 Å². The van der Waals surface area contributed by atoms with Gasteiger partial charge in [-0.05, 0) is 19.1 Å². The molecule has 1 aromatic carbocycles. The summed E-state index contributed by atoms with van der Waals surface area (Å²) in [5.41, 5.74) is -2.58. The first-order chi connectivity index (χ1) is 11.3. The van der Waals surface area contributed by atoms with E-state index < -0.39 is 17.1 Å². The van der Waals surface area contributed by atoms with Crippen molar-refractivity contribution in [2.45, 2.75) is 25.0 Å². The fraction of sp³-hybridized carbons (Fsp3) is 0.294. The van der Waals surface area contributed by atoms with Crippen LogP contribution in [0.3, 0.4) is 0 Å². The molecule has 2 unspecified atom stereocenters. The summed E-state index contributed by atoms with van der Waals surface area (Å²) in [6.45, 7) is 2.11. The van der Waals surface area contributed by atoms with E-state index in [2.05, 4.69) is 0 Å². The topological polar surface area (TPSA) is 117 Å². The van der Waals surface area contributed by atoms with Gasteiger partial charge >= 0.3 is 0 Å². The molecule has 1 aliphatic carbocycles. The van der Waals surface area contributed by atoms with Crippen molar-refractivity contribution < 1.29 is 29.3 Å². The van der Waals surface area contributed by atoms with E-state index in [-0.39, 0.29) is 34.7 Å². The maximum atomic E-state index is 12.3. The zero-order valence-corrected chi connectivity index (χ0v) is 12.9. The SMILES string of the molecule is CCOc1cc(O)c2c(=O)cc(C3(O)C=CC(=O)CC3O)oc2c1. The standard InChI is InChI=1S/C17H16O7/c1-2-23-10-6-11(19)16-12(20)8-15(24-13(16)7-10)17(22)4-3-9(18)5-14(17)21/h3-4,6-8,14,19,21-22H,2,5H2,1H3. The molecule has 0 bridgehead atoms. The summed E-state index contributed by atoms with van der Waals surface area (Å²) in [5.74, 6) is -0.571. The number of aliphatic hydroxyl groups excluding tert-OH is 1. The molecular formula is C17H16O7. The van der Waals surface area contributed by atoms with Crippen LogP contribution in [0, 0.1) is 0 Å². The van der Waals surface area contributed by atoms with Gasteiger partial charge in [0.15, 0.2) is 16.8 Å². The zero-order valence-electron chi connectivity index (χ0n) is 12.9. The number of fused-ring (bicyclic) bond motifs is 1. The summed E-state index contributed by atoms with van der Waals surface area (Å²) >= 11 is 0. The Bertz CT molecular complexity index is 896. The Labute approximate surface area is 136 Å². The molecule has 7 heteroatoms. The van der Waals surface area contributed by atoms with E-state index in [1.807, 2.05) is 0 Å². The van der Waals surface area contributed by atoms with Crippen LogP contribution in [0.4, 0.5) is 0 Å². The van der Waals surface area contributed by atoms with Gasteiger partial charge in [-0.3, -0.25) is 9.59 Å². The Morgan fingerprint density at radius 1 is 1.33 bits per heavy atom. The molecule has 24 heavy (non-hydrogen) atoms. The Morgan fingerprint density at radius 2 is 2.08 bits per heavy atom. The van der Waals surface area contributed by atoms with Crippen LogP contribution in [0.15, 0.2) is 39.6 Å². The summed E-state index contributed by atoms with van der Waals surface area (Å²) in [6, 6.07) is 3.70. The van der Waals surface area contributed by atoms with Gasteiger partial charge in [-0.15, -0.1) is 0 Å². The molecule has 1 heterocycles. The molecule has 1 aliphatic rings. The van der Waals surface area contributed by atoms with Crippen molar-refractivity contribution in [3.8, 4) is 11.5 Å². The second-order valence-corrected chi connectivity index (χ2v) is 5.57. The molecule has 3 N–H and O–H groups in total. The minimum atomic E-state index is -2.00. The molecule has 126 valence electrons. The number of ether oxygens (including phenoxy) is 1. The monoisotopic (exact) mass is 332 g/mol. The minimum Gasteiger partial charge on any atom is -0.507 e. The number of allylic oxidation sites excluding steroid dienone is 1. The predicted octanol–water partition coefficient (Wildman–Crippen LogP) is 0.975. The van der Waals surface area contributed by atoms with Crippen LogP contribution >= 0.6 is 0 Å². The van der Waals surface area contributed by atoms with Gasteiger partial charge in [-0.1, -0.05) is 0 Å². The third kappa shape index (κ3) is 2.57. The van der Waals surface area contributed by atoms with E-state index in [4.69, 9.17) is 9.15 Å². The van der Waals surface area contributed by atoms with E-state index in [1.165, 1.54) is 12.1 Å². The zero-order chi connectivity index (χ0) is 17.5. The highest BCUT2D eigenvalue weighted by Crippen LogP contribution is 2.35. The van der Waals surface area contributed by atoms with Crippen molar-refractivity contribution in [1.29, 1.82) is 0 Å². The second-order valence-electron chi connectivity index (χ2n) is 5.57. The number of hydrogen-bond acceptors (Lipinski definition) is 7. The second kappa shape index (κ2) is 5.77. The molecule has 0 saturated heterocycles. The lowest BCUT2D eigenvalue weighted by molar-refractivity contribution is -0.124. The van der Waals surface area contributed by atoms with E-state index in [0.29, 0.717) is 12.4 Å². The van der Waals surface area contributed by atoms with Gasteiger partial charge in [0, 0.05) is 24.6 Å². The van der Waals surface area contributed by atoms with Crippen molar-refractivity contribution in [2.75, 3.05) is 6.61 Å². The third-order valence-electron chi connectivity index (χ3n) is 3.91. The van der Waals surface area contributed by atoms with E-state index in [1.54, 1.807) is 6.92 Å². The smallest absolute Gasteiger partial charge is 0.196 e. The lowest BCUT2D eigenvalue weighted by Crippen LogP contribution is -2.42. The normalized spacial score (nSPS) is 23.6. The van der Waals surface area contributed by atoms with Crippen molar-refractivity contribution in [2.24, 2.45) is 0 Å². The van der Waals surface area contributed by atoms with Gasteiger partial charge in [0.05, 0.1) is 6.61 Å². The lowest BCUT2D eigenvalue weighted by atomic mass is 9.85. The number of hydrogen-bond donors (Lipinski definition) is 3. The number of aromatic hydroxyl groups is 1. The molecule has 0 fully saturated rings. The van der Waals surface area contributed by atoms with E-state index in [9.17, 15) is 24.9 Å². The Kier molecular flexibility index (Phi) is 3.90. The van der Waals surface area contributed by atoms with Gasteiger partial charge in [0.1, 0.15) is 34.3 Å². The Hall–Kier alpha value is -2.64. The van der Waals surface area contributed by atoms with Crippen LogP contribution in [0.1, 0.15) is 19.1 Å². The van der Waals surface area contributed by atoms with E-state index >= 15 is 0 Å². The lowest BCUT2D eigenvalue weighted by Gasteiger charge is -2.31. The van der Waals surface area contributed by atoms with Gasteiger partial charge < -0.3 is 24.5 Å². The molecule has 2 atom stereocenters. The molecule has 0 aliphatic heterocycles. The summed E-state index contributed by atoms with van der Waals surface area (Å²) in [4.78, 5) is 23.6. The molecular weight excluding hydrogens is 316 g/mol. The van der Waals surface area contributed by atoms with Crippen LogP contribution in [0.5, 0.6) is 11.5 Å². The molecule has 3 rings (SSSR count). The summed E-state index contributed by atoms with van der Waals surface area (Å²) < 4.78 is 10.8. The fourth-order valence-corrected chi connectivity index (χ4v) is 2.68. The molecule has 0 amide bonds. The molecule has 2 aromatic rings. The third-order valence-corrected chi connectivity index (χ3v) is 3.91. The molecule has 7 nitrogen and oxygen atoms in total. The first-order valence-corrected chi connectivity index (χ1v) is 7.42. The highest BCUT2D eigenvalue weighted by Gasteiger charge is 2.41. The summed E-state index contributed by atoms with van der Waals surface area (Å²) in [5, 5.41) is 30.6. The number of rotatable bonds is 3. The Morgan fingerprint density at radius 3 is 2.75 bits per heavy atom. The minimum absolute atomic E-state index is 0.00637. The van der Waals surface area contributed by atoms with Crippen molar-refractivity contribution >= 4 is 16.8 Å². The van der Waals surface area contributed by atoms with Crippen LogP contribution in [0.2, 0.25) is 0 Å². The van der Waals surface area contributed by atoms with Crippen molar-refractivity contribution in [3.63, 3.8) is 0 Å². The number of ketones is 1. The summed E-state index contributed by atoms with van der Waals surface area (Å²) in [6.07, 6.45) is 0.489. The average Bonchev–Trinajstić information content (AvgIpc) is 2.51. The maximum Gasteiger partial charge on any atom is 0.196 e. The van der Waals surface area contributed by atoms with Crippen LogP contribution in [-0.4, -0.2) is 33.8 Å². The number of phenolic OH excluding ortho intramolecular Hbond substituents is 1. The first kappa shape index (κ1) is 16.2. The molecule has 1 aromatic heterocycles. The number of carbonyl (C=O) groups excluding carboxylic acids is 1. The highest BCUT2D eigenvalue weighted by atomic mass is 16.5. The van der Waals surface area contributed by atoms with Gasteiger partial charge in [-0.2, -0.15) is 0 Å². The molecule has 0 saturated carbocycles. The van der Waals surface area contributed by atoms with Crippen LogP contribution in [-0.2, 0) is 10.4 Å². The Balaban J connectivity index is 2.22. The van der Waals surface area contributed by atoms with Crippen molar-refractivity contribution in [1.82, 2.24) is 0 Å². The number of phenols is 1. The molecule has 0 radical (unpaired) electrons. The predicted molar refractivity (Wildman–Crippen MR) is 84.0 cm³/mol. The van der Waals surface area contributed by atoms with Gasteiger partial charge in [0.2, 0.25) is 0 Å². The average molecular weight is 332 g/mol. The quantitative estimate of drug-likeness (QED) is 0.767. The highest BCUT2D eigenvalue weighted by molar-refractivity contribution is 5.91. The number of benzene rings is 1. The van der Waals surface area contributed by atoms with Crippen LogP contribution in [0.25, 0.3) is 11.0 Å². The largest absolute Gasteiger partial charge is 0.507 e. The molecule has 0 spiro atoms. The fourth-order valence-electron chi connectivity index (χ4n) is 2.68. The number of aliphatic hydroxyl groups is 2. The maximum absolute atomic E-state index is 12.3. The van der Waals surface area contributed by atoms with Crippen LogP contribution < -0.4 is 10.2 Å². The first-order valence-electron chi connectivity index (χ1n) is 7.42. The van der Waals surface area contributed by atoms with Gasteiger partial charge in [0.25, 0.3) is 0 Å². The number of carbonyl (C=O) groups is 1. The van der Waals surface area contributed by atoms with E-state index in [0.717, 1.165) is 18.2 Å². The summed E-state index contributed by atoms with van der Waals surface area (Å²) in [7, 11) is 0.